The smallest absolute Gasteiger partial charge is 0.320 e. The molecule has 0 spiro atoms. The van der Waals surface area contributed by atoms with E-state index >= 15 is 0 Å². The first kappa shape index (κ1) is 17.8. The molecule has 1 aliphatic rings. The summed E-state index contributed by atoms with van der Waals surface area (Å²) in [7, 11) is 0. The molecule has 0 saturated carbocycles. The summed E-state index contributed by atoms with van der Waals surface area (Å²) in [5.41, 5.74) is 1.80. The molecule has 1 aliphatic carbocycles. The van der Waals surface area contributed by atoms with Crippen LogP contribution in [0, 0.1) is 17.3 Å². The highest BCUT2D eigenvalue weighted by atomic mass is 16.5. The van der Waals surface area contributed by atoms with Crippen LogP contribution in [0.3, 0.4) is 0 Å². The van der Waals surface area contributed by atoms with Crippen molar-refractivity contribution in [2.24, 2.45) is 17.3 Å². The van der Waals surface area contributed by atoms with E-state index in [-0.39, 0.29) is 12.1 Å². The summed E-state index contributed by atoms with van der Waals surface area (Å²) in [5.74, 6) is 0.611. The zero-order valence-corrected chi connectivity index (χ0v) is 15.1. The van der Waals surface area contributed by atoms with Crippen LogP contribution in [0.25, 0.3) is 5.57 Å². The van der Waals surface area contributed by atoms with E-state index in [4.69, 9.17) is 4.74 Å². The predicted molar refractivity (Wildman–Crippen MR) is 95.9 cm³/mol. The van der Waals surface area contributed by atoms with Crippen LogP contribution in [0.15, 0.2) is 36.4 Å². The van der Waals surface area contributed by atoms with Gasteiger partial charge < -0.3 is 4.74 Å². The van der Waals surface area contributed by atoms with E-state index in [9.17, 15) is 4.79 Å². The van der Waals surface area contributed by atoms with Crippen LogP contribution in [0.2, 0.25) is 0 Å². The Morgan fingerprint density at radius 2 is 1.70 bits per heavy atom. The van der Waals surface area contributed by atoms with Gasteiger partial charge in [0.15, 0.2) is 0 Å². The van der Waals surface area contributed by atoms with E-state index in [1.54, 1.807) is 0 Å². The number of carbonyl (C=O) groups excluding carboxylic acids is 1. The third-order valence-corrected chi connectivity index (χ3v) is 4.72. The largest absolute Gasteiger partial charge is 0.461 e. The van der Waals surface area contributed by atoms with Gasteiger partial charge in [-0.15, -0.1) is 0 Å². The topological polar surface area (TPSA) is 26.3 Å². The second kappa shape index (κ2) is 7.33. The molecule has 0 fully saturated rings. The monoisotopic (exact) mass is 314 g/mol. The van der Waals surface area contributed by atoms with Crippen molar-refractivity contribution in [1.29, 1.82) is 0 Å². The molecule has 126 valence electrons. The third kappa shape index (κ3) is 3.85. The van der Waals surface area contributed by atoms with E-state index in [0.29, 0.717) is 11.8 Å². The van der Waals surface area contributed by atoms with Crippen LogP contribution < -0.4 is 0 Å². The maximum Gasteiger partial charge on any atom is 0.320 e. The molecule has 0 bridgehead atoms. The Balaban J connectivity index is 2.16. The normalized spacial score (nSPS) is 20.1. The summed E-state index contributed by atoms with van der Waals surface area (Å²) >= 11 is 0. The number of benzene rings is 1. The molecule has 0 N–H and O–H groups in total. The maximum absolute atomic E-state index is 13.0. The van der Waals surface area contributed by atoms with Crippen molar-refractivity contribution >= 4 is 11.5 Å². The lowest BCUT2D eigenvalue weighted by molar-refractivity contribution is -0.159. The second-order valence-corrected chi connectivity index (χ2v) is 7.36. The summed E-state index contributed by atoms with van der Waals surface area (Å²) < 4.78 is 5.96. The minimum Gasteiger partial charge on any atom is -0.461 e. The Hall–Kier alpha value is -1.57. The fourth-order valence-electron chi connectivity index (χ4n) is 3.37. The lowest BCUT2D eigenvalue weighted by Gasteiger charge is -2.28. The fourth-order valence-corrected chi connectivity index (χ4v) is 3.37. The van der Waals surface area contributed by atoms with Gasteiger partial charge in [-0.2, -0.15) is 0 Å². The molecular weight excluding hydrogens is 284 g/mol. The lowest BCUT2D eigenvalue weighted by atomic mass is 9.89. The number of hydrogen-bond donors (Lipinski definition) is 0. The van der Waals surface area contributed by atoms with E-state index < -0.39 is 5.41 Å². The van der Waals surface area contributed by atoms with Crippen molar-refractivity contribution in [2.45, 2.75) is 60.0 Å². The molecule has 0 radical (unpaired) electrons. The number of ether oxygens (including phenoxy) is 1. The van der Waals surface area contributed by atoms with Crippen molar-refractivity contribution in [3.05, 3.63) is 42.0 Å². The zero-order valence-electron chi connectivity index (χ0n) is 15.1. The summed E-state index contributed by atoms with van der Waals surface area (Å²) in [6, 6.07) is 10.2. The number of unbranched alkanes of at least 4 members (excludes halogenated alkanes) is 1. The van der Waals surface area contributed by atoms with E-state index in [2.05, 4.69) is 52.8 Å². The summed E-state index contributed by atoms with van der Waals surface area (Å²) in [6.07, 6.45) is 5.07. The van der Waals surface area contributed by atoms with Gasteiger partial charge in [-0.25, -0.2) is 0 Å². The van der Waals surface area contributed by atoms with E-state index in [1.165, 1.54) is 0 Å². The van der Waals surface area contributed by atoms with Gasteiger partial charge in [-0.1, -0.05) is 83.9 Å². The number of esters is 1. The number of hydrogen-bond acceptors (Lipinski definition) is 2. The van der Waals surface area contributed by atoms with E-state index in [1.807, 2.05) is 18.2 Å². The quantitative estimate of drug-likeness (QED) is 0.594. The molecule has 2 heteroatoms. The standard InChI is InChI=1S/C21H30O2/c1-6-7-13-21(14-18(21)17-11-9-8-10-12-17)20(22)23-19(15(2)3)16(4)5/h8-12,14-16,19H,6-7,13H2,1-5H3/t21-/m1/s1. The summed E-state index contributed by atoms with van der Waals surface area (Å²) in [6.45, 7) is 10.6. The average Bonchev–Trinajstić information content (AvgIpc) is 3.26. The molecule has 0 aliphatic heterocycles. The van der Waals surface area contributed by atoms with Gasteiger partial charge in [0.1, 0.15) is 11.5 Å². The Bertz CT molecular complexity index is 548. The van der Waals surface area contributed by atoms with Crippen molar-refractivity contribution in [3.63, 3.8) is 0 Å². The molecular formula is C21H30O2. The molecule has 0 heterocycles. The van der Waals surface area contributed by atoms with Crippen LogP contribution >= 0.6 is 0 Å². The summed E-state index contributed by atoms with van der Waals surface area (Å²) in [4.78, 5) is 13.0. The molecule has 0 saturated heterocycles. The molecule has 0 amide bonds. The molecule has 1 atom stereocenters. The first-order valence-electron chi connectivity index (χ1n) is 8.92. The maximum atomic E-state index is 13.0. The Morgan fingerprint density at radius 1 is 1.09 bits per heavy atom. The van der Waals surface area contributed by atoms with Gasteiger partial charge in [-0.3, -0.25) is 4.79 Å². The lowest BCUT2D eigenvalue weighted by Crippen LogP contribution is -2.33. The highest BCUT2D eigenvalue weighted by Gasteiger charge is 2.52. The Kier molecular flexibility index (Phi) is 5.67. The Labute approximate surface area is 140 Å². The molecule has 0 aromatic heterocycles. The first-order valence-corrected chi connectivity index (χ1v) is 8.92. The van der Waals surface area contributed by atoms with Crippen LogP contribution in [0.1, 0.15) is 59.4 Å². The minimum atomic E-state index is -0.487. The van der Waals surface area contributed by atoms with Crippen LogP contribution in [-0.4, -0.2) is 12.1 Å². The molecule has 1 aromatic carbocycles. The van der Waals surface area contributed by atoms with Crippen LogP contribution in [0.5, 0.6) is 0 Å². The van der Waals surface area contributed by atoms with Gasteiger partial charge in [-0.05, 0) is 29.4 Å². The highest BCUT2D eigenvalue weighted by Crippen LogP contribution is 2.55. The SMILES string of the molecule is CCCC[C@@]1(C(=O)OC(C(C)C)C(C)C)C=C1c1ccccc1. The van der Waals surface area contributed by atoms with Gasteiger partial charge >= 0.3 is 5.97 Å². The Morgan fingerprint density at radius 3 is 2.22 bits per heavy atom. The molecule has 2 rings (SSSR count). The van der Waals surface area contributed by atoms with Crippen molar-refractivity contribution in [1.82, 2.24) is 0 Å². The van der Waals surface area contributed by atoms with Gasteiger partial charge in [0.05, 0.1) is 0 Å². The van der Waals surface area contributed by atoms with Crippen molar-refractivity contribution in [2.75, 3.05) is 0 Å². The second-order valence-electron chi connectivity index (χ2n) is 7.36. The molecule has 2 nitrogen and oxygen atoms in total. The molecule has 1 aromatic rings. The molecule has 0 unspecified atom stereocenters. The highest BCUT2D eigenvalue weighted by molar-refractivity contribution is 6.05. The predicted octanol–water partition coefficient (Wildman–Crippen LogP) is 5.48. The van der Waals surface area contributed by atoms with Gasteiger partial charge in [0.2, 0.25) is 0 Å². The first-order chi connectivity index (χ1) is 10.9. The van der Waals surface area contributed by atoms with Crippen LogP contribution in [0.4, 0.5) is 0 Å². The third-order valence-electron chi connectivity index (χ3n) is 4.72. The fraction of sp³-hybridized carbons (Fsp3) is 0.571. The van der Waals surface area contributed by atoms with Gasteiger partial charge in [0.25, 0.3) is 0 Å². The zero-order chi connectivity index (χ0) is 17.0. The van der Waals surface area contributed by atoms with E-state index in [0.717, 1.165) is 30.4 Å². The number of carbonyl (C=O) groups is 1. The number of rotatable bonds is 8. The summed E-state index contributed by atoms with van der Waals surface area (Å²) in [5, 5.41) is 0. The minimum absolute atomic E-state index is 0.0213. The van der Waals surface area contributed by atoms with Crippen molar-refractivity contribution in [3.8, 4) is 0 Å². The molecule has 23 heavy (non-hydrogen) atoms. The van der Waals surface area contributed by atoms with Crippen molar-refractivity contribution < 1.29 is 9.53 Å². The van der Waals surface area contributed by atoms with Gasteiger partial charge in [0, 0.05) is 0 Å². The van der Waals surface area contributed by atoms with Crippen LogP contribution in [-0.2, 0) is 9.53 Å². The average molecular weight is 314 g/mol.